The van der Waals surface area contributed by atoms with Gasteiger partial charge in [-0.1, -0.05) is 66.7 Å². The van der Waals surface area contributed by atoms with Crippen LogP contribution in [0.15, 0.2) is 90.0 Å². The molecular weight excluding hydrogens is 654 g/mol. The van der Waals surface area contributed by atoms with Gasteiger partial charge in [0.1, 0.15) is 12.7 Å². The molecule has 3 N–H and O–H groups in total. The monoisotopic (exact) mass is 685 g/mol. The first kappa shape index (κ1) is 32.0. The zero-order valence-corrected chi connectivity index (χ0v) is 27.7. The molecule has 1 saturated heterocycles. The number of esters is 2. The highest BCUT2D eigenvalue weighted by Gasteiger charge is 2.62. The molecule has 0 bridgehead atoms. The average Bonchev–Trinajstić information content (AvgIpc) is 3.65. The summed E-state index contributed by atoms with van der Waals surface area (Å²) in [5.41, 5.74) is -0.696. The molecule has 3 heterocycles. The molecule has 1 aliphatic heterocycles. The van der Waals surface area contributed by atoms with E-state index in [-0.39, 0.29) is 17.1 Å². The highest BCUT2D eigenvalue weighted by atomic mass is 16.6. The number of benzene rings is 5. The molecule has 2 aromatic heterocycles. The summed E-state index contributed by atoms with van der Waals surface area (Å²) in [6.45, 7) is 2.99. The van der Waals surface area contributed by atoms with Crippen molar-refractivity contribution in [2.45, 2.75) is 44.8 Å². The Kier molecular flexibility index (Phi) is 7.54. The number of aromatic amines is 1. The van der Waals surface area contributed by atoms with E-state index >= 15 is 0 Å². The van der Waals surface area contributed by atoms with Crippen LogP contribution in [-0.2, 0) is 28.6 Å². The first-order chi connectivity index (χ1) is 24.5. The van der Waals surface area contributed by atoms with Crippen LogP contribution in [-0.4, -0.2) is 66.8 Å². The van der Waals surface area contributed by atoms with Gasteiger partial charge in [-0.25, -0.2) is 4.98 Å². The number of nitrogens with zero attached hydrogens (tertiary/aromatic N) is 3. The topological polar surface area (TPSA) is 175 Å². The Morgan fingerprint density at radius 3 is 2.39 bits per heavy atom. The van der Waals surface area contributed by atoms with Gasteiger partial charge in [0.2, 0.25) is 11.5 Å². The van der Waals surface area contributed by atoms with E-state index in [2.05, 4.69) is 62.7 Å². The summed E-state index contributed by atoms with van der Waals surface area (Å²) < 4.78 is 17.7. The van der Waals surface area contributed by atoms with Crippen molar-refractivity contribution in [1.29, 1.82) is 0 Å². The van der Waals surface area contributed by atoms with Gasteiger partial charge in [0.05, 0.1) is 6.33 Å². The van der Waals surface area contributed by atoms with Crippen molar-refractivity contribution in [2.24, 2.45) is 0 Å². The third-order valence-corrected chi connectivity index (χ3v) is 9.42. The number of hydrogen-bond acceptors (Lipinski definition) is 11. The number of nitrogens with one attached hydrogen (secondary N) is 2. The van der Waals surface area contributed by atoms with Crippen LogP contribution >= 0.6 is 0 Å². The number of carbonyl (C=O) groups is 3. The molecule has 1 fully saturated rings. The molecule has 5 aromatic carbocycles. The minimum absolute atomic E-state index is 0.0274. The van der Waals surface area contributed by atoms with Crippen LogP contribution in [0.3, 0.4) is 0 Å². The number of fused-ring (bicyclic) bond motifs is 1. The molecule has 0 aliphatic carbocycles. The average molecular weight is 686 g/mol. The maximum atomic E-state index is 13.4. The van der Waals surface area contributed by atoms with Crippen LogP contribution in [0.25, 0.3) is 54.6 Å². The molecule has 7 aromatic rings. The van der Waals surface area contributed by atoms with Gasteiger partial charge in [0.25, 0.3) is 5.56 Å². The van der Waals surface area contributed by atoms with Crippen LogP contribution in [0.1, 0.15) is 27.0 Å². The van der Waals surface area contributed by atoms with E-state index in [0.717, 1.165) is 51.9 Å². The Labute approximate surface area is 289 Å². The molecular formula is C38H31N5O8. The van der Waals surface area contributed by atoms with E-state index in [1.807, 2.05) is 36.4 Å². The first-order valence-electron chi connectivity index (χ1n) is 16.2. The van der Waals surface area contributed by atoms with Gasteiger partial charge in [-0.3, -0.25) is 28.7 Å². The Morgan fingerprint density at radius 2 is 1.65 bits per heavy atom. The minimum Gasteiger partial charge on any atom is -0.463 e. The molecule has 0 spiro atoms. The second kappa shape index (κ2) is 12.0. The summed E-state index contributed by atoms with van der Waals surface area (Å²) in [5, 5.41) is 21.9. The maximum absolute atomic E-state index is 13.4. The molecule has 0 amide bonds. The number of para-hydroxylation sites is 1. The number of aliphatic hydroxyl groups is 1. The fraction of sp³-hybridized carbons (Fsp3) is 0.211. The normalized spacial score (nSPS) is 20.4. The molecule has 0 saturated carbocycles. The lowest BCUT2D eigenvalue weighted by Crippen LogP contribution is -2.54. The van der Waals surface area contributed by atoms with Crippen LogP contribution in [0, 0.1) is 0 Å². The van der Waals surface area contributed by atoms with E-state index in [0.29, 0.717) is 5.69 Å². The number of ether oxygens (including phenoxy) is 3. The lowest BCUT2D eigenvalue weighted by molar-refractivity contribution is -0.170. The highest BCUT2D eigenvalue weighted by Crippen LogP contribution is 2.44. The zero-order valence-electron chi connectivity index (χ0n) is 27.7. The number of Topliss-reactive ketones (excluding diaryl/α,β-unsaturated/α-hetero) is 1. The van der Waals surface area contributed by atoms with Gasteiger partial charge in [-0.05, 0) is 56.9 Å². The Hall–Kier alpha value is -6.18. The lowest BCUT2D eigenvalue weighted by atomic mass is 9.88. The summed E-state index contributed by atoms with van der Waals surface area (Å²) in [6.07, 6.45) is -3.14. The zero-order chi connectivity index (χ0) is 35.6. The molecule has 1 aliphatic rings. The lowest BCUT2D eigenvalue weighted by Gasteiger charge is -2.31. The maximum Gasteiger partial charge on any atom is 0.303 e. The van der Waals surface area contributed by atoms with Crippen molar-refractivity contribution in [3.05, 3.63) is 95.5 Å². The van der Waals surface area contributed by atoms with Crippen molar-refractivity contribution in [3.8, 4) is 11.1 Å². The van der Waals surface area contributed by atoms with Crippen LogP contribution in [0.5, 0.6) is 0 Å². The summed E-state index contributed by atoms with van der Waals surface area (Å²) >= 11 is 0. The number of H-pyrrole nitrogens is 1. The molecule has 8 rings (SSSR count). The predicted octanol–water partition coefficient (Wildman–Crippen LogP) is 5.14. The SMILES string of the molecule is CC(=O)OC[C@H]1O[C@@H](n2cnc3c(=O)[nH]c(Nc4ccccc4-c4cc5cccc6ccc7cccc4c7c65)nc32)[C@@](O)(C(C)=O)[C@@H]1OC(C)=O. The molecule has 13 heteroatoms. The van der Waals surface area contributed by atoms with Gasteiger partial charge >= 0.3 is 11.9 Å². The summed E-state index contributed by atoms with van der Waals surface area (Å²) in [6, 6.07) is 26.5. The van der Waals surface area contributed by atoms with E-state index in [9.17, 15) is 24.3 Å². The highest BCUT2D eigenvalue weighted by molar-refractivity contribution is 6.26. The Balaban J connectivity index is 1.23. The summed E-state index contributed by atoms with van der Waals surface area (Å²) in [4.78, 5) is 61.8. The smallest absolute Gasteiger partial charge is 0.303 e. The van der Waals surface area contributed by atoms with Crippen molar-refractivity contribution in [2.75, 3.05) is 11.9 Å². The minimum atomic E-state index is -2.46. The number of anilines is 2. The Morgan fingerprint density at radius 1 is 0.922 bits per heavy atom. The van der Waals surface area contributed by atoms with Crippen molar-refractivity contribution >= 4 is 72.8 Å². The predicted molar refractivity (Wildman–Crippen MR) is 189 cm³/mol. The van der Waals surface area contributed by atoms with Gasteiger partial charge in [-0.2, -0.15) is 4.98 Å². The van der Waals surface area contributed by atoms with Crippen LogP contribution < -0.4 is 10.9 Å². The van der Waals surface area contributed by atoms with Crippen molar-refractivity contribution in [3.63, 3.8) is 0 Å². The van der Waals surface area contributed by atoms with E-state index in [1.54, 1.807) is 0 Å². The Bertz CT molecular complexity index is 2600. The van der Waals surface area contributed by atoms with Crippen molar-refractivity contribution < 1.29 is 33.7 Å². The number of rotatable bonds is 8. The number of aromatic nitrogens is 4. The van der Waals surface area contributed by atoms with Gasteiger partial charge < -0.3 is 24.6 Å². The standard InChI is InChI=1S/C38H31N5O8/c1-19(44)38(48)33(50-21(3)46)29(17-49-20(2)45)51-36(38)43-18-39-32-34(43)41-37(42-35(32)47)40-28-13-5-4-11-25(28)27-16-24-10-6-8-22-14-15-23-9-7-12-26(27)31(23)30(22)24/h4-16,18,29,33,36,48H,17H2,1-3H3,(H2,40,41,42,47)/t29-,33-,36-,38-/m1/s1. The second-order valence-corrected chi connectivity index (χ2v) is 12.6. The van der Waals surface area contributed by atoms with Crippen LogP contribution in [0.4, 0.5) is 11.6 Å². The summed E-state index contributed by atoms with van der Waals surface area (Å²) in [7, 11) is 0. The second-order valence-electron chi connectivity index (χ2n) is 12.6. The quantitative estimate of drug-likeness (QED) is 0.143. The van der Waals surface area contributed by atoms with E-state index in [1.165, 1.54) is 23.2 Å². The molecule has 0 unspecified atom stereocenters. The fourth-order valence-electron chi connectivity index (χ4n) is 7.18. The molecule has 13 nitrogen and oxygen atoms in total. The molecule has 0 radical (unpaired) electrons. The number of hydrogen-bond donors (Lipinski definition) is 3. The number of carbonyl (C=O) groups excluding carboxylic acids is 3. The van der Waals surface area contributed by atoms with Crippen molar-refractivity contribution in [1.82, 2.24) is 19.5 Å². The van der Waals surface area contributed by atoms with Gasteiger partial charge in [0, 0.05) is 25.1 Å². The van der Waals surface area contributed by atoms with Crippen LogP contribution in [0.2, 0.25) is 0 Å². The molecule has 51 heavy (non-hydrogen) atoms. The number of imidazole rings is 1. The van der Waals surface area contributed by atoms with E-state index < -0.39 is 53.9 Å². The third kappa shape index (κ3) is 5.16. The molecule has 256 valence electrons. The largest absolute Gasteiger partial charge is 0.463 e. The van der Waals surface area contributed by atoms with Gasteiger partial charge in [0.15, 0.2) is 29.3 Å². The summed E-state index contributed by atoms with van der Waals surface area (Å²) in [5.74, 6) is -2.18. The third-order valence-electron chi connectivity index (χ3n) is 9.42. The first-order valence-corrected chi connectivity index (χ1v) is 16.2. The number of ketones is 1. The fourth-order valence-corrected chi connectivity index (χ4v) is 7.18. The molecule has 4 atom stereocenters. The van der Waals surface area contributed by atoms with Gasteiger partial charge in [-0.15, -0.1) is 0 Å². The van der Waals surface area contributed by atoms with E-state index in [4.69, 9.17) is 14.2 Å².